The van der Waals surface area contributed by atoms with Crippen LogP contribution >= 0.6 is 11.3 Å². The molecule has 0 bridgehead atoms. The van der Waals surface area contributed by atoms with Crippen molar-refractivity contribution >= 4 is 17.2 Å². The zero-order chi connectivity index (χ0) is 17.2. The van der Waals surface area contributed by atoms with Gasteiger partial charge in [-0.25, -0.2) is 4.98 Å². The number of nitrogens with one attached hydrogen (secondary N) is 1. The molecule has 0 spiro atoms. The van der Waals surface area contributed by atoms with E-state index in [0.717, 1.165) is 38.3 Å². The lowest BCUT2D eigenvalue weighted by Crippen LogP contribution is -2.39. The lowest BCUT2D eigenvalue weighted by molar-refractivity contribution is -0.121. The van der Waals surface area contributed by atoms with Crippen LogP contribution in [0.4, 0.5) is 0 Å². The van der Waals surface area contributed by atoms with Gasteiger partial charge in [0.2, 0.25) is 5.91 Å². The number of aromatic nitrogens is 3. The summed E-state index contributed by atoms with van der Waals surface area (Å²) in [6.07, 6.45) is 5.95. The minimum Gasteiger partial charge on any atom is -0.356 e. The molecule has 7 heteroatoms. The molecule has 1 atom stereocenters. The molecule has 6 nitrogen and oxygen atoms in total. The van der Waals surface area contributed by atoms with E-state index in [4.69, 9.17) is 0 Å². The van der Waals surface area contributed by atoms with Crippen LogP contribution < -0.4 is 5.32 Å². The molecule has 0 aromatic carbocycles. The topological polar surface area (TPSA) is 63.1 Å². The van der Waals surface area contributed by atoms with Gasteiger partial charge in [-0.3, -0.25) is 14.4 Å². The summed E-state index contributed by atoms with van der Waals surface area (Å²) < 4.78 is 2.14. The molecule has 1 fully saturated rings. The van der Waals surface area contributed by atoms with E-state index in [2.05, 4.69) is 38.0 Å². The SMILES string of the molecule is Cc1ncsc1CN1Cc2ccnn2[C@H](CCNC(=O)CC2CC2)C1. The van der Waals surface area contributed by atoms with Gasteiger partial charge in [0.05, 0.1) is 22.9 Å². The Morgan fingerprint density at radius 3 is 3.08 bits per heavy atom. The number of thiazole rings is 1. The van der Waals surface area contributed by atoms with Crippen LogP contribution in [0.5, 0.6) is 0 Å². The highest BCUT2D eigenvalue weighted by Gasteiger charge is 2.27. The summed E-state index contributed by atoms with van der Waals surface area (Å²) >= 11 is 1.73. The normalized spacial score (nSPS) is 20.4. The van der Waals surface area contributed by atoms with E-state index < -0.39 is 0 Å². The Labute approximate surface area is 152 Å². The van der Waals surface area contributed by atoms with Crippen molar-refractivity contribution in [2.45, 2.75) is 51.7 Å². The molecule has 1 N–H and O–H groups in total. The van der Waals surface area contributed by atoms with Crippen molar-refractivity contribution in [1.82, 2.24) is 25.0 Å². The van der Waals surface area contributed by atoms with Crippen LogP contribution in [-0.2, 0) is 17.9 Å². The van der Waals surface area contributed by atoms with Crippen molar-refractivity contribution in [1.29, 1.82) is 0 Å². The zero-order valence-corrected chi connectivity index (χ0v) is 15.5. The lowest BCUT2D eigenvalue weighted by Gasteiger charge is -2.33. The molecule has 25 heavy (non-hydrogen) atoms. The Kier molecular flexibility index (Phi) is 4.85. The van der Waals surface area contributed by atoms with E-state index in [9.17, 15) is 4.79 Å². The fourth-order valence-corrected chi connectivity index (χ4v) is 4.33. The molecule has 1 saturated carbocycles. The first-order valence-electron chi connectivity index (χ1n) is 9.09. The fourth-order valence-electron chi connectivity index (χ4n) is 3.51. The van der Waals surface area contributed by atoms with Crippen LogP contribution in [0.3, 0.4) is 0 Å². The highest BCUT2D eigenvalue weighted by atomic mass is 32.1. The third-order valence-electron chi connectivity index (χ3n) is 5.14. The summed E-state index contributed by atoms with van der Waals surface area (Å²) in [6, 6.07) is 2.41. The maximum Gasteiger partial charge on any atom is 0.220 e. The fraction of sp³-hybridized carbons (Fsp3) is 0.611. The number of rotatable bonds is 7. The van der Waals surface area contributed by atoms with Crippen molar-refractivity contribution in [2.75, 3.05) is 13.1 Å². The molecule has 1 amide bonds. The second kappa shape index (κ2) is 7.25. The summed E-state index contributed by atoms with van der Waals surface area (Å²) in [7, 11) is 0. The van der Waals surface area contributed by atoms with Gasteiger partial charge in [-0.15, -0.1) is 11.3 Å². The van der Waals surface area contributed by atoms with E-state index >= 15 is 0 Å². The van der Waals surface area contributed by atoms with Crippen LogP contribution in [0.15, 0.2) is 17.8 Å². The first-order valence-corrected chi connectivity index (χ1v) is 9.97. The molecule has 3 heterocycles. The van der Waals surface area contributed by atoms with E-state index in [-0.39, 0.29) is 5.91 Å². The molecule has 0 saturated heterocycles. The molecular weight excluding hydrogens is 334 g/mol. The van der Waals surface area contributed by atoms with Crippen molar-refractivity contribution in [3.8, 4) is 0 Å². The van der Waals surface area contributed by atoms with Crippen LogP contribution in [0.1, 0.15) is 48.0 Å². The molecule has 2 aromatic rings. The molecule has 0 unspecified atom stereocenters. The van der Waals surface area contributed by atoms with E-state index in [1.54, 1.807) is 11.3 Å². The highest BCUT2D eigenvalue weighted by Crippen LogP contribution is 2.32. The summed E-state index contributed by atoms with van der Waals surface area (Å²) in [5.41, 5.74) is 4.31. The van der Waals surface area contributed by atoms with Crippen molar-refractivity contribution < 1.29 is 4.79 Å². The van der Waals surface area contributed by atoms with Gasteiger partial charge in [0.1, 0.15) is 0 Å². The van der Waals surface area contributed by atoms with Crippen LogP contribution in [0.2, 0.25) is 0 Å². The average Bonchev–Trinajstić information content (AvgIpc) is 3.11. The molecule has 0 radical (unpaired) electrons. The van der Waals surface area contributed by atoms with E-state index in [1.807, 2.05) is 11.7 Å². The van der Waals surface area contributed by atoms with Crippen molar-refractivity contribution in [3.63, 3.8) is 0 Å². The van der Waals surface area contributed by atoms with Gasteiger partial charge < -0.3 is 5.32 Å². The third-order valence-corrected chi connectivity index (χ3v) is 6.06. The van der Waals surface area contributed by atoms with Gasteiger partial charge in [0.25, 0.3) is 0 Å². The van der Waals surface area contributed by atoms with Gasteiger partial charge in [-0.05, 0) is 38.2 Å². The monoisotopic (exact) mass is 359 g/mol. The van der Waals surface area contributed by atoms with Crippen LogP contribution in [-0.4, -0.2) is 38.7 Å². The molecule has 1 aliphatic carbocycles. The van der Waals surface area contributed by atoms with Crippen LogP contribution in [0, 0.1) is 12.8 Å². The summed E-state index contributed by atoms with van der Waals surface area (Å²) in [5.74, 6) is 0.849. The standard InChI is InChI=1S/C18H25N5OS/c1-13-17(25-12-20-13)11-22-9-15(23-16(10-22)5-7-21-23)4-6-19-18(24)8-14-2-3-14/h5,7,12,14-15H,2-4,6,8-11H2,1H3,(H,19,24)/t15-/m1/s1. The zero-order valence-electron chi connectivity index (χ0n) is 14.6. The smallest absolute Gasteiger partial charge is 0.220 e. The van der Waals surface area contributed by atoms with Crippen molar-refractivity contribution in [2.24, 2.45) is 5.92 Å². The third kappa shape index (κ3) is 4.10. The Balaban J connectivity index is 1.35. The van der Waals surface area contributed by atoms with Crippen molar-refractivity contribution in [3.05, 3.63) is 34.0 Å². The number of carbonyl (C=O) groups is 1. The number of hydrogen-bond donors (Lipinski definition) is 1. The Morgan fingerprint density at radius 2 is 2.32 bits per heavy atom. The highest BCUT2D eigenvalue weighted by molar-refractivity contribution is 7.09. The summed E-state index contributed by atoms with van der Waals surface area (Å²) in [5, 5.41) is 7.60. The van der Waals surface area contributed by atoms with Gasteiger partial charge in [-0.2, -0.15) is 5.10 Å². The van der Waals surface area contributed by atoms with Gasteiger partial charge >= 0.3 is 0 Å². The van der Waals surface area contributed by atoms with E-state index in [1.165, 1.54) is 23.4 Å². The minimum absolute atomic E-state index is 0.205. The number of nitrogens with zero attached hydrogens (tertiary/aromatic N) is 4. The number of hydrogen-bond acceptors (Lipinski definition) is 5. The second-order valence-corrected chi connectivity index (χ2v) is 8.18. The number of fused-ring (bicyclic) bond motifs is 1. The lowest BCUT2D eigenvalue weighted by atomic mass is 10.1. The second-order valence-electron chi connectivity index (χ2n) is 7.24. The van der Waals surface area contributed by atoms with E-state index in [0.29, 0.717) is 18.4 Å². The summed E-state index contributed by atoms with van der Waals surface area (Å²) in [4.78, 5) is 20.1. The molecule has 2 aliphatic rings. The Bertz CT molecular complexity index is 735. The first kappa shape index (κ1) is 16.7. The Morgan fingerprint density at radius 1 is 1.44 bits per heavy atom. The Hall–Kier alpha value is -1.73. The maximum absolute atomic E-state index is 11.9. The molecule has 2 aromatic heterocycles. The predicted molar refractivity (Wildman–Crippen MR) is 97.2 cm³/mol. The number of aryl methyl sites for hydroxylation is 1. The maximum atomic E-state index is 11.9. The summed E-state index contributed by atoms with van der Waals surface area (Å²) in [6.45, 7) is 5.62. The van der Waals surface area contributed by atoms with Gasteiger partial charge in [0, 0.05) is 43.7 Å². The molecular formula is C18H25N5OS. The van der Waals surface area contributed by atoms with Gasteiger partial charge in [0.15, 0.2) is 0 Å². The first-order chi connectivity index (χ1) is 12.2. The molecule has 4 rings (SSSR count). The predicted octanol–water partition coefficient (Wildman–Crippen LogP) is 2.51. The minimum atomic E-state index is 0.205. The number of carbonyl (C=O) groups excluding carboxylic acids is 1. The molecule has 1 aliphatic heterocycles. The quantitative estimate of drug-likeness (QED) is 0.825. The van der Waals surface area contributed by atoms with Gasteiger partial charge in [-0.1, -0.05) is 0 Å². The van der Waals surface area contributed by atoms with Crippen LogP contribution in [0.25, 0.3) is 0 Å². The average molecular weight is 359 g/mol. The molecule has 134 valence electrons. The number of amides is 1. The largest absolute Gasteiger partial charge is 0.356 e.